The minimum absolute atomic E-state index is 0.162. The summed E-state index contributed by atoms with van der Waals surface area (Å²) in [6.07, 6.45) is 2.32. The molecule has 0 aliphatic heterocycles. The van der Waals surface area contributed by atoms with E-state index in [1.807, 2.05) is 42.5 Å². The van der Waals surface area contributed by atoms with Gasteiger partial charge in [-0.2, -0.15) is 0 Å². The maximum atomic E-state index is 13.3. The predicted octanol–water partition coefficient (Wildman–Crippen LogP) is 6.44. The Hall–Kier alpha value is -4.09. The molecule has 2 rings (SSSR count). The van der Waals surface area contributed by atoms with Gasteiger partial charge in [0.2, 0.25) is 0 Å². The Balaban J connectivity index is 2.42. The monoisotopic (exact) mass is 790 g/mol. The van der Waals surface area contributed by atoms with E-state index in [0.29, 0.717) is 50.4 Å². The molecule has 0 aromatic heterocycles. The van der Waals surface area contributed by atoms with Crippen LogP contribution in [0.25, 0.3) is 0 Å². The topological polar surface area (TPSA) is 167 Å². The zero-order chi connectivity index (χ0) is 41.1. The molecule has 1 fully saturated rings. The minimum atomic E-state index is -1.16. The minimum Gasteiger partial charge on any atom is -0.463 e. The summed E-state index contributed by atoms with van der Waals surface area (Å²) in [7, 11) is 3.27. The van der Waals surface area contributed by atoms with Gasteiger partial charge in [0.1, 0.15) is 18.3 Å². The quantitative estimate of drug-likeness (QED) is 0.0391. The lowest BCUT2D eigenvalue weighted by molar-refractivity contribution is -0.171. The fraction of sp³-hybridized carbons (Fsp3) is 0.634. The molecule has 5 unspecified atom stereocenters. The number of rotatable bonds is 23. The lowest BCUT2D eigenvalue weighted by atomic mass is 9.85. The van der Waals surface area contributed by atoms with E-state index in [0.717, 1.165) is 5.56 Å². The predicted molar refractivity (Wildman–Crippen MR) is 206 cm³/mol. The Bertz CT molecular complexity index is 1460. The second-order valence-corrected chi connectivity index (χ2v) is 14.8. The average molecular weight is 791 g/mol. The fourth-order valence-corrected chi connectivity index (χ4v) is 6.63. The number of hydrogen-bond acceptors (Lipinski definition) is 13. The average Bonchev–Trinajstić information content (AvgIpc) is 3.40. The van der Waals surface area contributed by atoms with Gasteiger partial charge in [0.25, 0.3) is 0 Å². The van der Waals surface area contributed by atoms with E-state index in [-0.39, 0.29) is 36.8 Å². The van der Waals surface area contributed by atoms with E-state index in [1.54, 1.807) is 27.7 Å². The summed E-state index contributed by atoms with van der Waals surface area (Å²) in [5.74, 6) is -4.28. The molecule has 1 aliphatic rings. The number of esters is 6. The van der Waals surface area contributed by atoms with Crippen LogP contribution in [-0.4, -0.2) is 84.0 Å². The Labute approximate surface area is 327 Å². The lowest BCUT2D eigenvalue weighted by Crippen LogP contribution is -2.34. The normalized spacial score (nSPS) is 20.2. The second-order valence-electron chi connectivity index (χ2n) is 14.1. The van der Waals surface area contributed by atoms with Gasteiger partial charge in [-0.3, -0.25) is 14.4 Å². The van der Waals surface area contributed by atoms with Gasteiger partial charge in [-0.05, 0) is 92.1 Å². The van der Waals surface area contributed by atoms with Gasteiger partial charge in [-0.1, -0.05) is 51.3 Å². The number of carbonyl (C=O) groups excluding carboxylic acids is 6. The number of ether oxygens (including phenoxy) is 7. The molecule has 14 heteroatoms. The van der Waals surface area contributed by atoms with Crippen molar-refractivity contribution in [1.82, 2.24) is 0 Å². The van der Waals surface area contributed by atoms with Gasteiger partial charge in [-0.25, -0.2) is 14.4 Å². The van der Waals surface area contributed by atoms with E-state index in [1.165, 1.54) is 27.7 Å². The van der Waals surface area contributed by atoms with Crippen molar-refractivity contribution in [2.75, 3.05) is 0 Å². The van der Waals surface area contributed by atoms with Gasteiger partial charge in [0.15, 0.2) is 18.3 Å². The molecular weight excluding hydrogens is 731 g/mol. The van der Waals surface area contributed by atoms with Gasteiger partial charge in [-0.15, -0.1) is 0 Å². The molecule has 0 saturated heterocycles. The maximum absolute atomic E-state index is 13.3. The van der Waals surface area contributed by atoms with Crippen LogP contribution in [0.2, 0.25) is 0 Å². The third-order valence-electron chi connectivity index (χ3n) is 8.94. The molecule has 306 valence electrons. The molecule has 1 aromatic carbocycles. The number of unbranched alkanes of at least 4 members (excludes halogenated alkanes) is 1. The Morgan fingerprint density at radius 3 is 1.84 bits per heavy atom. The molecule has 1 aliphatic carbocycles. The molecule has 1 saturated carbocycles. The Morgan fingerprint density at radius 2 is 1.27 bits per heavy atom. The SMILES string of the molecule is CC(=O)O[C@@H](C)C(=O)OC(CCc1ccccc1)CCC1C(OC(=O)[C@H](C)OC(C)=P)CC(OC(=O)[C@H](C)OC(C)=O)C1C/C=C\CCCC(=O)OC(C)C. The summed E-state index contributed by atoms with van der Waals surface area (Å²) >= 11 is 0. The van der Waals surface area contributed by atoms with E-state index in [4.69, 9.17) is 33.2 Å². The number of allylic oxidation sites excluding steroid dienone is 2. The van der Waals surface area contributed by atoms with Crippen LogP contribution < -0.4 is 0 Å². The molecule has 0 bridgehead atoms. The summed E-state index contributed by atoms with van der Waals surface area (Å²) < 4.78 is 38.9. The first-order valence-electron chi connectivity index (χ1n) is 19.0. The van der Waals surface area contributed by atoms with Crippen molar-refractivity contribution < 1.29 is 61.9 Å². The molecule has 0 radical (unpaired) electrons. The van der Waals surface area contributed by atoms with E-state index in [9.17, 15) is 28.8 Å². The van der Waals surface area contributed by atoms with Crippen LogP contribution in [0.4, 0.5) is 0 Å². The van der Waals surface area contributed by atoms with Crippen LogP contribution in [0.15, 0.2) is 42.5 Å². The highest BCUT2D eigenvalue weighted by molar-refractivity contribution is 7.20. The van der Waals surface area contributed by atoms with Crippen LogP contribution in [0.3, 0.4) is 0 Å². The fourth-order valence-electron chi connectivity index (χ4n) is 6.46. The molecule has 55 heavy (non-hydrogen) atoms. The summed E-state index contributed by atoms with van der Waals surface area (Å²) in [6.45, 7) is 12.1. The van der Waals surface area contributed by atoms with Gasteiger partial charge >= 0.3 is 35.8 Å². The van der Waals surface area contributed by atoms with Crippen molar-refractivity contribution in [3.63, 3.8) is 0 Å². The first-order valence-corrected chi connectivity index (χ1v) is 19.5. The third kappa shape index (κ3) is 18.4. The smallest absolute Gasteiger partial charge is 0.347 e. The van der Waals surface area contributed by atoms with E-state index < -0.39 is 66.5 Å². The highest BCUT2D eigenvalue weighted by atomic mass is 31.0. The van der Waals surface area contributed by atoms with Crippen molar-refractivity contribution in [2.24, 2.45) is 11.8 Å². The van der Waals surface area contributed by atoms with Crippen LogP contribution in [0.5, 0.6) is 0 Å². The highest BCUT2D eigenvalue weighted by Crippen LogP contribution is 2.42. The summed E-state index contributed by atoms with van der Waals surface area (Å²) in [4.78, 5) is 74.7. The van der Waals surface area contributed by atoms with Gasteiger partial charge < -0.3 is 33.2 Å². The molecule has 0 N–H and O–H groups in total. The number of hydrogen-bond donors (Lipinski definition) is 0. The van der Waals surface area contributed by atoms with Crippen molar-refractivity contribution in [2.45, 2.75) is 156 Å². The zero-order valence-electron chi connectivity index (χ0n) is 33.4. The Morgan fingerprint density at radius 1 is 0.709 bits per heavy atom. The third-order valence-corrected chi connectivity index (χ3v) is 9.05. The van der Waals surface area contributed by atoms with Crippen LogP contribution in [0, 0.1) is 11.8 Å². The standard InChI is InChI=1S/C41H59O13P/c1-25(2)48-38(44)19-15-10-9-14-18-34-35(23-22-33(21-20-32-16-12-11-13-17-32)52-39(45)26(3)49-29(6)42)37(54-41(47)28(5)51-31(8)55)24-36(34)53-40(46)27(4)50-30(7)43/h9,11-14,16-17,25-28,33-37,55H,10,15,18-24H2,1-8H3/b14-9-/t26-,27-,28-,33?,34?,35?,36?,37?/m0/s1. The maximum Gasteiger partial charge on any atom is 0.347 e. The van der Waals surface area contributed by atoms with Crippen LogP contribution >= 0.6 is 8.86 Å². The molecule has 0 heterocycles. The number of benzene rings is 1. The van der Waals surface area contributed by atoms with Crippen molar-refractivity contribution in [1.29, 1.82) is 0 Å². The molecular formula is C41H59O13P. The first-order chi connectivity index (χ1) is 26.0. The summed E-state index contributed by atoms with van der Waals surface area (Å²) in [5.41, 5.74) is 1.44. The molecule has 8 atom stereocenters. The summed E-state index contributed by atoms with van der Waals surface area (Å²) in [6, 6.07) is 9.73. The first kappa shape index (κ1) is 47.1. The molecule has 0 spiro atoms. The highest BCUT2D eigenvalue weighted by Gasteiger charge is 2.47. The zero-order valence-corrected chi connectivity index (χ0v) is 34.4. The van der Waals surface area contributed by atoms with Crippen molar-refractivity contribution >= 4 is 50.2 Å². The van der Waals surface area contributed by atoms with Crippen LogP contribution in [-0.2, 0) is 68.3 Å². The number of carbonyl (C=O) groups is 6. The second kappa shape index (κ2) is 24.4. The largest absolute Gasteiger partial charge is 0.463 e. The van der Waals surface area contributed by atoms with Crippen molar-refractivity contribution in [3.8, 4) is 0 Å². The summed E-state index contributed by atoms with van der Waals surface area (Å²) in [5, 5.41) is 0. The van der Waals surface area contributed by atoms with Crippen molar-refractivity contribution in [3.05, 3.63) is 48.0 Å². The molecule has 13 nitrogen and oxygen atoms in total. The van der Waals surface area contributed by atoms with Gasteiger partial charge in [0.05, 0.1) is 11.6 Å². The van der Waals surface area contributed by atoms with Gasteiger partial charge in [0, 0.05) is 38.5 Å². The molecule has 0 amide bonds. The van der Waals surface area contributed by atoms with E-state index in [2.05, 4.69) is 8.86 Å². The van der Waals surface area contributed by atoms with Crippen LogP contribution in [0.1, 0.15) is 112 Å². The number of aryl methyl sites for hydroxylation is 1. The lowest BCUT2D eigenvalue weighted by Gasteiger charge is -2.28. The Kier molecular flexibility index (Phi) is 20.9. The molecule has 1 aromatic rings. The van der Waals surface area contributed by atoms with E-state index >= 15 is 0 Å².